The lowest BCUT2D eigenvalue weighted by molar-refractivity contribution is 0.0522. The van der Waals surface area contributed by atoms with E-state index in [0.717, 1.165) is 27.5 Å². The van der Waals surface area contributed by atoms with Crippen molar-refractivity contribution >= 4 is 28.4 Å². The molecule has 0 spiro atoms. The second-order valence-electron chi connectivity index (χ2n) is 4.93. The molecule has 2 bridgehead atoms. The van der Waals surface area contributed by atoms with Crippen LogP contribution in [-0.2, 0) is 0 Å². The lowest BCUT2D eigenvalue weighted by Gasteiger charge is -2.44. The van der Waals surface area contributed by atoms with E-state index in [1.807, 2.05) is 6.92 Å². The molecule has 3 aliphatic heterocycles. The molecule has 5 heteroatoms. The van der Waals surface area contributed by atoms with Crippen LogP contribution in [0, 0.1) is 16.4 Å². The molecule has 0 aliphatic carbocycles. The molecule has 0 amide bonds. The van der Waals surface area contributed by atoms with Gasteiger partial charge in [0.2, 0.25) is 0 Å². The molecule has 2 N–H and O–H groups in total. The number of hydrogen-bond acceptors (Lipinski definition) is 3. The summed E-state index contributed by atoms with van der Waals surface area (Å²) in [6, 6.07) is 0.504. The number of halogens is 1. The zero-order valence-electron chi connectivity index (χ0n) is 9.49. The van der Waals surface area contributed by atoms with E-state index in [4.69, 9.17) is 5.73 Å². The number of nitrogens with two attached hydrogens (primary N) is 1. The molecule has 3 aliphatic rings. The Kier molecular flexibility index (Phi) is 2.62. The molecule has 3 saturated heterocycles. The number of nitrogens with zero attached hydrogens (tertiary/aromatic N) is 3. The Balaban J connectivity index is 1.95. The lowest BCUT2D eigenvalue weighted by atomic mass is 9.84. The Morgan fingerprint density at radius 1 is 1.38 bits per heavy atom. The third-order valence-corrected chi connectivity index (χ3v) is 5.32. The van der Waals surface area contributed by atoms with Crippen molar-refractivity contribution in [3.8, 4) is 0 Å². The molecule has 1 aromatic rings. The van der Waals surface area contributed by atoms with Crippen molar-refractivity contribution in [1.29, 1.82) is 0 Å². The molecule has 4 nitrogen and oxygen atoms in total. The van der Waals surface area contributed by atoms with Gasteiger partial charge in [-0.25, -0.2) is 4.68 Å². The van der Waals surface area contributed by atoms with E-state index < -0.39 is 0 Å². The molecule has 16 heavy (non-hydrogen) atoms. The molecule has 1 atom stereocenters. The number of aromatic nitrogens is 2. The molecule has 3 fully saturated rings. The van der Waals surface area contributed by atoms with E-state index >= 15 is 0 Å². The van der Waals surface area contributed by atoms with Gasteiger partial charge in [-0.2, -0.15) is 5.10 Å². The monoisotopic (exact) mass is 332 g/mol. The number of rotatable bonds is 1. The van der Waals surface area contributed by atoms with Crippen molar-refractivity contribution in [3.05, 3.63) is 9.26 Å². The van der Waals surface area contributed by atoms with Crippen LogP contribution in [0.2, 0.25) is 0 Å². The molecular weight excluding hydrogens is 315 g/mol. The zero-order chi connectivity index (χ0) is 11.3. The fourth-order valence-electron chi connectivity index (χ4n) is 3.01. The SMILES string of the molecule is Cc1nn(C2CN3CCC2CC3)c(N)c1I. The molecular formula is C11H17IN4. The van der Waals surface area contributed by atoms with Crippen molar-refractivity contribution < 1.29 is 0 Å². The number of piperidine rings is 3. The number of nitrogen functional groups attached to an aromatic ring is 1. The fraction of sp³-hybridized carbons (Fsp3) is 0.727. The van der Waals surface area contributed by atoms with Crippen molar-refractivity contribution in [1.82, 2.24) is 14.7 Å². The van der Waals surface area contributed by atoms with Gasteiger partial charge in [0.1, 0.15) is 5.82 Å². The van der Waals surface area contributed by atoms with E-state index in [2.05, 4.69) is 37.3 Å². The van der Waals surface area contributed by atoms with Gasteiger partial charge < -0.3 is 10.6 Å². The molecule has 1 aromatic heterocycles. The third-order valence-electron chi connectivity index (χ3n) is 3.98. The highest BCUT2D eigenvalue weighted by Gasteiger charge is 2.36. The minimum absolute atomic E-state index is 0.504. The second-order valence-corrected chi connectivity index (χ2v) is 6.01. The van der Waals surface area contributed by atoms with Crippen LogP contribution in [0.3, 0.4) is 0 Å². The van der Waals surface area contributed by atoms with E-state index in [1.54, 1.807) is 0 Å². The van der Waals surface area contributed by atoms with Gasteiger partial charge in [-0.05, 0) is 61.4 Å². The molecule has 1 unspecified atom stereocenters. The Labute approximate surface area is 109 Å². The minimum atomic E-state index is 0.504. The van der Waals surface area contributed by atoms with Crippen LogP contribution in [0.4, 0.5) is 5.82 Å². The maximum absolute atomic E-state index is 6.14. The van der Waals surface area contributed by atoms with E-state index in [1.165, 1.54) is 25.9 Å². The molecule has 4 heterocycles. The maximum atomic E-state index is 6.14. The third kappa shape index (κ3) is 1.55. The van der Waals surface area contributed by atoms with Crippen molar-refractivity contribution in [2.24, 2.45) is 5.92 Å². The highest BCUT2D eigenvalue weighted by Crippen LogP contribution is 2.37. The Morgan fingerprint density at radius 2 is 2.06 bits per heavy atom. The summed E-state index contributed by atoms with van der Waals surface area (Å²) < 4.78 is 3.20. The Bertz CT molecular complexity index is 406. The zero-order valence-corrected chi connectivity index (χ0v) is 11.6. The summed E-state index contributed by atoms with van der Waals surface area (Å²) >= 11 is 2.29. The predicted molar refractivity (Wildman–Crippen MR) is 72.3 cm³/mol. The maximum Gasteiger partial charge on any atom is 0.135 e. The summed E-state index contributed by atoms with van der Waals surface area (Å²) in [5.74, 6) is 1.64. The lowest BCUT2D eigenvalue weighted by Crippen LogP contribution is -2.48. The van der Waals surface area contributed by atoms with Crippen LogP contribution in [0.5, 0.6) is 0 Å². The first-order valence-corrected chi connectivity index (χ1v) is 6.97. The number of fused-ring (bicyclic) bond motifs is 3. The van der Waals surface area contributed by atoms with Crippen LogP contribution in [-0.4, -0.2) is 34.3 Å². The minimum Gasteiger partial charge on any atom is -0.383 e. The summed E-state index contributed by atoms with van der Waals surface area (Å²) in [6.07, 6.45) is 2.61. The first-order valence-electron chi connectivity index (χ1n) is 5.89. The number of aryl methyl sites for hydroxylation is 1. The van der Waals surface area contributed by atoms with Crippen LogP contribution in [0.1, 0.15) is 24.6 Å². The largest absolute Gasteiger partial charge is 0.383 e. The second kappa shape index (κ2) is 3.87. The van der Waals surface area contributed by atoms with Gasteiger partial charge in [-0.1, -0.05) is 0 Å². The molecule has 0 saturated carbocycles. The number of anilines is 1. The van der Waals surface area contributed by atoms with E-state index in [9.17, 15) is 0 Å². The number of hydrogen-bond donors (Lipinski definition) is 1. The smallest absolute Gasteiger partial charge is 0.135 e. The standard InChI is InChI=1S/C11H17IN4/c1-7-10(12)11(13)16(14-7)9-6-15-4-2-8(9)3-5-15/h8-9H,2-6,13H2,1H3. The van der Waals surface area contributed by atoms with Gasteiger partial charge in [0.25, 0.3) is 0 Å². The van der Waals surface area contributed by atoms with Gasteiger partial charge in [-0.3, -0.25) is 0 Å². The van der Waals surface area contributed by atoms with Crippen LogP contribution in [0.15, 0.2) is 0 Å². The summed E-state index contributed by atoms with van der Waals surface area (Å²) in [7, 11) is 0. The van der Waals surface area contributed by atoms with Gasteiger partial charge in [0, 0.05) is 6.54 Å². The summed E-state index contributed by atoms with van der Waals surface area (Å²) in [5.41, 5.74) is 7.20. The van der Waals surface area contributed by atoms with E-state index in [-0.39, 0.29) is 0 Å². The summed E-state index contributed by atoms with van der Waals surface area (Å²) in [5, 5.41) is 4.61. The summed E-state index contributed by atoms with van der Waals surface area (Å²) in [6.45, 7) is 5.69. The molecule has 0 radical (unpaired) electrons. The predicted octanol–water partition coefficient (Wildman–Crippen LogP) is 1.65. The average Bonchev–Trinajstić information content (AvgIpc) is 2.58. The average molecular weight is 332 g/mol. The highest BCUT2D eigenvalue weighted by molar-refractivity contribution is 14.1. The van der Waals surface area contributed by atoms with Crippen molar-refractivity contribution in [2.75, 3.05) is 25.4 Å². The normalized spacial score (nSPS) is 33.2. The fourth-order valence-corrected chi connectivity index (χ4v) is 3.36. The van der Waals surface area contributed by atoms with Crippen LogP contribution < -0.4 is 5.73 Å². The molecule has 4 rings (SSSR count). The topological polar surface area (TPSA) is 47.1 Å². The van der Waals surface area contributed by atoms with Gasteiger partial charge in [0.15, 0.2) is 0 Å². The Morgan fingerprint density at radius 3 is 2.50 bits per heavy atom. The van der Waals surface area contributed by atoms with Gasteiger partial charge >= 0.3 is 0 Å². The molecule has 88 valence electrons. The van der Waals surface area contributed by atoms with Crippen molar-refractivity contribution in [3.63, 3.8) is 0 Å². The van der Waals surface area contributed by atoms with Crippen LogP contribution >= 0.6 is 22.6 Å². The van der Waals surface area contributed by atoms with E-state index in [0.29, 0.717) is 6.04 Å². The summed E-state index contributed by atoms with van der Waals surface area (Å²) in [4.78, 5) is 2.54. The van der Waals surface area contributed by atoms with Crippen molar-refractivity contribution in [2.45, 2.75) is 25.8 Å². The Hall–Kier alpha value is -0.300. The van der Waals surface area contributed by atoms with Gasteiger partial charge in [-0.15, -0.1) is 0 Å². The quantitative estimate of drug-likeness (QED) is 0.796. The van der Waals surface area contributed by atoms with Crippen LogP contribution in [0.25, 0.3) is 0 Å². The molecule has 0 aromatic carbocycles. The first kappa shape index (κ1) is 10.8. The van der Waals surface area contributed by atoms with Gasteiger partial charge in [0.05, 0.1) is 15.3 Å². The highest BCUT2D eigenvalue weighted by atomic mass is 127. The first-order chi connectivity index (χ1) is 7.66.